The zero-order valence-corrected chi connectivity index (χ0v) is 12.6. The van der Waals surface area contributed by atoms with Gasteiger partial charge in [0, 0.05) is 44.5 Å². The molecule has 2 heterocycles. The number of aryl methyl sites for hydroxylation is 1. The number of nitrogens with zero attached hydrogens (tertiary/aromatic N) is 2. The molecule has 0 aromatic carbocycles. The minimum Gasteiger partial charge on any atom is -0.395 e. The monoisotopic (exact) mass is 293 g/mol. The summed E-state index contributed by atoms with van der Waals surface area (Å²) in [6, 6.07) is 1.62. The van der Waals surface area contributed by atoms with E-state index in [1.165, 1.54) is 12.3 Å². The number of aromatic amines is 1. The molecule has 1 unspecified atom stereocenters. The van der Waals surface area contributed by atoms with Crippen LogP contribution in [0, 0.1) is 6.92 Å². The van der Waals surface area contributed by atoms with E-state index in [1.54, 1.807) is 11.8 Å². The normalized spacial score (nSPS) is 17.8. The number of amides is 1. The Bertz CT molecular complexity index is 543. The molecule has 6 heteroatoms. The summed E-state index contributed by atoms with van der Waals surface area (Å²) in [5.74, 6) is -0.0413. The van der Waals surface area contributed by atoms with Crippen LogP contribution in [0.5, 0.6) is 0 Å². The van der Waals surface area contributed by atoms with Crippen LogP contribution < -0.4 is 5.56 Å². The van der Waals surface area contributed by atoms with Crippen LogP contribution in [0.2, 0.25) is 0 Å². The molecule has 1 aromatic heterocycles. The summed E-state index contributed by atoms with van der Waals surface area (Å²) in [7, 11) is 0. The van der Waals surface area contributed by atoms with Gasteiger partial charge in [-0.3, -0.25) is 14.5 Å². The van der Waals surface area contributed by atoms with Gasteiger partial charge < -0.3 is 15.0 Å². The average Bonchev–Trinajstić information content (AvgIpc) is 2.48. The second-order valence-electron chi connectivity index (χ2n) is 5.47. The molecule has 0 bridgehead atoms. The first-order chi connectivity index (χ1) is 10.1. The molecule has 0 spiro atoms. The summed E-state index contributed by atoms with van der Waals surface area (Å²) >= 11 is 0. The van der Waals surface area contributed by atoms with E-state index in [1.807, 2.05) is 0 Å². The van der Waals surface area contributed by atoms with E-state index in [4.69, 9.17) is 0 Å². The lowest BCUT2D eigenvalue weighted by molar-refractivity contribution is 0.0471. The summed E-state index contributed by atoms with van der Waals surface area (Å²) in [4.78, 5) is 30.3. The van der Waals surface area contributed by atoms with Gasteiger partial charge in [0.25, 0.3) is 5.91 Å². The lowest BCUT2D eigenvalue weighted by atomic mass is 10.1. The number of pyridine rings is 1. The number of carbonyl (C=O) groups excluding carboxylic acids is 1. The number of aromatic nitrogens is 1. The van der Waals surface area contributed by atoms with Crippen molar-refractivity contribution in [1.29, 1.82) is 0 Å². The highest BCUT2D eigenvalue weighted by atomic mass is 16.3. The zero-order valence-electron chi connectivity index (χ0n) is 12.6. The van der Waals surface area contributed by atoms with Crippen molar-refractivity contribution in [1.82, 2.24) is 14.8 Å². The van der Waals surface area contributed by atoms with Crippen LogP contribution in [-0.2, 0) is 0 Å². The smallest absolute Gasteiger partial charge is 0.255 e. The fraction of sp³-hybridized carbons (Fsp3) is 0.600. The first kappa shape index (κ1) is 15.7. The van der Waals surface area contributed by atoms with Crippen LogP contribution in [0.1, 0.15) is 29.3 Å². The lowest BCUT2D eigenvalue weighted by Crippen LogP contribution is -2.52. The number of aliphatic hydroxyl groups excluding tert-OH is 1. The third-order valence-corrected chi connectivity index (χ3v) is 4.16. The predicted molar refractivity (Wildman–Crippen MR) is 80.4 cm³/mol. The van der Waals surface area contributed by atoms with Gasteiger partial charge in [0.2, 0.25) is 5.56 Å². The standard InChI is InChI=1S/C15H23N3O3/c1-3-12(10-19)17-4-6-18(7-5-17)15(21)13-9-16-14(20)8-11(13)2/h8-9,12,19H,3-7,10H2,1-2H3,(H,16,20). The van der Waals surface area contributed by atoms with Crippen molar-refractivity contribution in [3.8, 4) is 0 Å². The first-order valence-electron chi connectivity index (χ1n) is 7.40. The van der Waals surface area contributed by atoms with E-state index in [2.05, 4.69) is 16.8 Å². The van der Waals surface area contributed by atoms with Crippen molar-refractivity contribution in [2.24, 2.45) is 0 Å². The van der Waals surface area contributed by atoms with Crippen molar-refractivity contribution in [2.45, 2.75) is 26.3 Å². The van der Waals surface area contributed by atoms with Crippen LogP contribution in [0.25, 0.3) is 0 Å². The fourth-order valence-corrected chi connectivity index (χ4v) is 2.77. The van der Waals surface area contributed by atoms with Gasteiger partial charge in [-0.15, -0.1) is 0 Å². The minimum absolute atomic E-state index is 0.0413. The molecule has 2 rings (SSSR count). The Labute approximate surface area is 124 Å². The Morgan fingerprint density at radius 1 is 1.38 bits per heavy atom. The maximum absolute atomic E-state index is 12.5. The van der Waals surface area contributed by atoms with Crippen molar-refractivity contribution >= 4 is 5.91 Å². The van der Waals surface area contributed by atoms with Gasteiger partial charge in [0.15, 0.2) is 0 Å². The van der Waals surface area contributed by atoms with Crippen molar-refractivity contribution < 1.29 is 9.90 Å². The van der Waals surface area contributed by atoms with Gasteiger partial charge in [-0.25, -0.2) is 0 Å². The quantitative estimate of drug-likeness (QED) is 0.832. The van der Waals surface area contributed by atoms with Gasteiger partial charge >= 0.3 is 0 Å². The minimum atomic E-state index is -0.192. The largest absolute Gasteiger partial charge is 0.395 e. The number of aliphatic hydroxyl groups is 1. The molecule has 1 fully saturated rings. The van der Waals surface area contributed by atoms with E-state index in [9.17, 15) is 14.7 Å². The summed E-state index contributed by atoms with van der Waals surface area (Å²) in [5.41, 5.74) is 1.06. The van der Waals surface area contributed by atoms with Crippen molar-refractivity contribution in [3.63, 3.8) is 0 Å². The molecule has 1 saturated heterocycles. The second-order valence-corrected chi connectivity index (χ2v) is 5.47. The Hall–Kier alpha value is -1.66. The molecule has 0 saturated carbocycles. The number of carbonyl (C=O) groups is 1. The zero-order chi connectivity index (χ0) is 15.4. The molecule has 21 heavy (non-hydrogen) atoms. The van der Waals surface area contributed by atoms with Gasteiger partial charge in [-0.1, -0.05) is 6.92 Å². The summed E-state index contributed by atoms with van der Waals surface area (Å²) in [6.45, 7) is 6.82. The topological polar surface area (TPSA) is 76.6 Å². The van der Waals surface area contributed by atoms with Crippen LogP contribution in [0.3, 0.4) is 0 Å². The molecular weight excluding hydrogens is 270 g/mol. The van der Waals surface area contributed by atoms with Crippen LogP contribution in [0.4, 0.5) is 0 Å². The number of H-pyrrole nitrogens is 1. The Balaban J connectivity index is 2.01. The molecule has 0 radical (unpaired) electrons. The van der Waals surface area contributed by atoms with E-state index in [-0.39, 0.29) is 24.1 Å². The first-order valence-corrected chi connectivity index (χ1v) is 7.40. The maximum Gasteiger partial charge on any atom is 0.255 e. The summed E-state index contributed by atoms with van der Waals surface area (Å²) in [5, 5.41) is 9.34. The van der Waals surface area contributed by atoms with Crippen LogP contribution in [0.15, 0.2) is 17.1 Å². The lowest BCUT2D eigenvalue weighted by Gasteiger charge is -2.38. The number of rotatable bonds is 4. The van der Waals surface area contributed by atoms with Gasteiger partial charge in [0.05, 0.1) is 12.2 Å². The molecule has 116 valence electrons. The van der Waals surface area contributed by atoms with Gasteiger partial charge in [0.1, 0.15) is 0 Å². The summed E-state index contributed by atoms with van der Waals surface area (Å²) < 4.78 is 0. The third kappa shape index (κ3) is 3.51. The molecular formula is C15H23N3O3. The Morgan fingerprint density at radius 3 is 2.57 bits per heavy atom. The highest BCUT2D eigenvalue weighted by molar-refractivity contribution is 5.95. The van der Waals surface area contributed by atoms with E-state index in [0.717, 1.165) is 19.5 Å². The van der Waals surface area contributed by atoms with E-state index >= 15 is 0 Å². The maximum atomic E-state index is 12.5. The number of hydrogen-bond acceptors (Lipinski definition) is 4. The summed E-state index contributed by atoms with van der Waals surface area (Å²) in [6.07, 6.45) is 2.40. The molecule has 2 N–H and O–H groups in total. The number of nitrogens with one attached hydrogen (secondary N) is 1. The Morgan fingerprint density at radius 2 is 2.05 bits per heavy atom. The average molecular weight is 293 g/mol. The molecule has 1 amide bonds. The second kappa shape index (κ2) is 6.87. The number of piperazine rings is 1. The van der Waals surface area contributed by atoms with E-state index < -0.39 is 0 Å². The SMILES string of the molecule is CCC(CO)N1CCN(C(=O)c2c[nH]c(=O)cc2C)CC1. The van der Waals surface area contributed by atoms with Crippen molar-refractivity contribution in [2.75, 3.05) is 32.8 Å². The Kier molecular flexibility index (Phi) is 5.14. The molecule has 6 nitrogen and oxygen atoms in total. The highest BCUT2D eigenvalue weighted by Crippen LogP contribution is 2.13. The molecule has 1 aliphatic heterocycles. The molecule has 1 atom stereocenters. The van der Waals surface area contributed by atoms with Gasteiger partial charge in [-0.05, 0) is 18.9 Å². The van der Waals surface area contributed by atoms with E-state index in [0.29, 0.717) is 24.2 Å². The molecule has 1 aliphatic rings. The number of hydrogen-bond donors (Lipinski definition) is 2. The molecule has 0 aliphatic carbocycles. The fourth-order valence-electron chi connectivity index (χ4n) is 2.77. The molecule has 1 aromatic rings. The third-order valence-electron chi connectivity index (χ3n) is 4.16. The van der Waals surface area contributed by atoms with Crippen LogP contribution in [-0.4, -0.2) is 64.6 Å². The predicted octanol–water partition coefficient (Wildman–Crippen LogP) is 0.212. The van der Waals surface area contributed by atoms with Crippen molar-refractivity contribution in [3.05, 3.63) is 33.7 Å². The highest BCUT2D eigenvalue weighted by Gasteiger charge is 2.26. The van der Waals surface area contributed by atoms with Crippen LogP contribution >= 0.6 is 0 Å². The van der Waals surface area contributed by atoms with Gasteiger partial charge in [-0.2, -0.15) is 0 Å².